The van der Waals surface area contributed by atoms with Crippen molar-refractivity contribution in [3.8, 4) is 0 Å². The molecule has 1 rings (SSSR count). The standard InChI is InChI=1S/C12H18N2O2/c1-9(2)16-12(15)6-5-11(13)10-4-3-7-14-8-10/h3-4,7-9,11H,5-6,13H2,1-2H3/t11-/m1/s1. The molecule has 0 fully saturated rings. The summed E-state index contributed by atoms with van der Waals surface area (Å²) in [6.07, 6.45) is 4.27. The molecule has 0 spiro atoms. The molecule has 0 radical (unpaired) electrons. The highest BCUT2D eigenvalue weighted by Crippen LogP contribution is 2.14. The van der Waals surface area contributed by atoms with Gasteiger partial charge in [0.25, 0.3) is 0 Å². The van der Waals surface area contributed by atoms with E-state index in [9.17, 15) is 4.79 Å². The number of hydrogen-bond donors (Lipinski definition) is 1. The lowest BCUT2D eigenvalue weighted by Gasteiger charge is -2.12. The Bertz CT molecular complexity index is 325. The summed E-state index contributed by atoms with van der Waals surface area (Å²) in [5, 5.41) is 0. The van der Waals surface area contributed by atoms with Crippen LogP contribution in [0.3, 0.4) is 0 Å². The predicted octanol–water partition coefficient (Wildman–Crippen LogP) is 1.81. The third kappa shape index (κ3) is 4.40. The number of carbonyl (C=O) groups excluding carboxylic acids is 1. The number of carbonyl (C=O) groups is 1. The summed E-state index contributed by atoms with van der Waals surface area (Å²) in [4.78, 5) is 15.3. The summed E-state index contributed by atoms with van der Waals surface area (Å²) < 4.78 is 5.03. The van der Waals surface area contributed by atoms with E-state index in [-0.39, 0.29) is 18.1 Å². The fourth-order valence-corrected chi connectivity index (χ4v) is 1.36. The van der Waals surface area contributed by atoms with Crippen molar-refractivity contribution in [1.82, 2.24) is 4.98 Å². The maximum Gasteiger partial charge on any atom is 0.306 e. The van der Waals surface area contributed by atoms with E-state index in [1.807, 2.05) is 26.0 Å². The van der Waals surface area contributed by atoms with Crippen LogP contribution in [-0.4, -0.2) is 17.1 Å². The first kappa shape index (κ1) is 12.6. The lowest BCUT2D eigenvalue weighted by Crippen LogP contribution is -2.16. The third-order valence-electron chi connectivity index (χ3n) is 2.14. The van der Waals surface area contributed by atoms with Crippen LogP contribution in [0.25, 0.3) is 0 Å². The van der Waals surface area contributed by atoms with Gasteiger partial charge in [0.1, 0.15) is 0 Å². The van der Waals surface area contributed by atoms with Crippen LogP contribution >= 0.6 is 0 Å². The Morgan fingerprint density at radius 3 is 2.88 bits per heavy atom. The SMILES string of the molecule is CC(C)OC(=O)CC[C@@H](N)c1cccnc1. The van der Waals surface area contributed by atoms with Gasteiger partial charge in [-0.2, -0.15) is 0 Å². The minimum atomic E-state index is -0.200. The minimum absolute atomic E-state index is 0.0675. The molecule has 0 aliphatic carbocycles. The van der Waals surface area contributed by atoms with E-state index in [0.717, 1.165) is 5.56 Å². The van der Waals surface area contributed by atoms with Crippen molar-refractivity contribution in [3.05, 3.63) is 30.1 Å². The monoisotopic (exact) mass is 222 g/mol. The molecule has 0 aromatic carbocycles. The van der Waals surface area contributed by atoms with Crippen LogP contribution in [0.2, 0.25) is 0 Å². The topological polar surface area (TPSA) is 65.2 Å². The van der Waals surface area contributed by atoms with Gasteiger partial charge in [-0.1, -0.05) is 6.07 Å². The number of pyridine rings is 1. The normalized spacial score (nSPS) is 12.5. The quantitative estimate of drug-likeness (QED) is 0.772. The van der Waals surface area contributed by atoms with E-state index in [1.165, 1.54) is 0 Å². The molecule has 0 bridgehead atoms. The molecule has 1 aromatic heterocycles. The van der Waals surface area contributed by atoms with Gasteiger partial charge in [0.05, 0.1) is 6.10 Å². The van der Waals surface area contributed by atoms with Crippen molar-refractivity contribution in [2.45, 2.75) is 38.8 Å². The van der Waals surface area contributed by atoms with E-state index in [0.29, 0.717) is 12.8 Å². The molecule has 4 nitrogen and oxygen atoms in total. The van der Waals surface area contributed by atoms with Crippen LogP contribution in [0.15, 0.2) is 24.5 Å². The lowest BCUT2D eigenvalue weighted by atomic mass is 10.1. The van der Waals surface area contributed by atoms with Gasteiger partial charge in [-0.3, -0.25) is 9.78 Å². The van der Waals surface area contributed by atoms with Gasteiger partial charge in [0.2, 0.25) is 0 Å². The van der Waals surface area contributed by atoms with Gasteiger partial charge in [-0.15, -0.1) is 0 Å². The number of hydrogen-bond acceptors (Lipinski definition) is 4. The first-order valence-corrected chi connectivity index (χ1v) is 5.44. The zero-order valence-corrected chi connectivity index (χ0v) is 9.72. The molecule has 1 atom stereocenters. The van der Waals surface area contributed by atoms with Crippen LogP contribution in [0.1, 0.15) is 38.3 Å². The molecule has 88 valence electrons. The second kappa shape index (κ2) is 6.23. The predicted molar refractivity (Wildman–Crippen MR) is 61.6 cm³/mol. The summed E-state index contributed by atoms with van der Waals surface area (Å²) in [5.74, 6) is -0.200. The molecule has 16 heavy (non-hydrogen) atoms. The molecular formula is C12H18N2O2. The summed E-state index contributed by atoms with van der Waals surface area (Å²) >= 11 is 0. The molecule has 0 aliphatic heterocycles. The zero-order chi connectivity index (χ0) is 12.0. The maximum atomic E-state index is 11.3. The van der Waals surface area contributed by atoms with Gasteiger partial charge in [-0.05, 0) is 31.9 Å². The molecular weight excluding hydrogens is 204 g/mol. The Morgan fingerprint density at radius 2 is 2.31 bits per heavy atom. The van der Waals surface area contributed by atoms with Crippen molar-refractivity contribution in [3.63, 3.8) is 0 Å². The van der Waals surface area contributed by atoms with Crippen molar-refractivity contribution < 1.29 is 9.53 Å². The third-order valence-corrected chi connectivity index (χ3v) is 2.14. The van der Waals surface area contributed by atoms with E-state index < -0.39 is 0 Å². The second-order valence-electron chi connectivity index (χ2n) is 3.97. The van der Waals surface area contributed by atoms with Gasteiger partial charge >= 0.3 is 5.97 Å². The summed E-state index contributed by atoms with van der Waals surface area (Å²) in [6.45, 7) is 3.66. The molecule has 4 heteroatoms. The molecule has 0 unspecified atom stereocenters. The molecule has 0 amide bonds. The smallest absolute Gasteiger partial charge is 0.306 e. The summed E-state index contributed by atoms with van der Waals surface area (Å²) in [5.41, 5.74) is 6.87. The van der Waals surface area contributed by atoms with Gasteiger partial charge in [0, 0.05) is 24.9 Å². The molecule has 0 saturated heterocycles. The van der Waals surface area contributed by atoms with Crippen molar-refractivity contribution in [1.29, 1.82) is 0 Å². The molecule has 1 heterocycles. The van der Waals surface area contributed by atoms with Gasteiger partial charge < -0.3 is 10.5 Å². The fraction of sp³-hybridized carbons (Fsp3) is 0.500. The number of nitrogens with two attached hydrogens (primary N) is 1. The fourth-order valence-electron chi connectivity index (χ4n) is 1.36. The van der Waals surface area contributed by atoms with Gasteiger partial charge in [-0.25, -0.2) is 0 Å². The molecule has 1 aromatic rings. The van der Waals surface area contributed by atoms with Crippen molar-refractivity contribution >= 4 is 5.97 Å². The summed E-state index contributed by atoms with van der Waals surface area (Å²) in [6, 6.07) is 3.58. The molecule has 0 saturated carbocycles. The van der Waals surface area contributed by atoms with Gasteiger partial charge in [0.15, 0.2) is 0 Å². The second-order valence-corrected chi connectivity index (χ2v) is 3.97. The molecule has 0 aliphatic rings. The van der Waals surface area contributed by atoms with Crippen LogP contribution in [0.4, 0.5) is 0 Å². The number of rotatable bonds is 5. The average molecular weight is 222 g/mol. The Kier molecular flexibility index (Phi) is 4.92. The minimum Gasteiger partial charge on any atom is -0.463 e. The molecule has 2 N–H and O–H groups in total. The first-order valence-electron chi connectivity index (χ1n) is 5.44. The van der Waals surface area contributed by atoms with E-state index in [2.05, 4.69) is 4.98 Å². The highest BCUT2D eigenvalue weighted by Gasteiger charge is 2.10. The van der Waals surface area contributed by atoms with Crippen LogP contribution < -0.4 is 5.73 Å². The average Bonchev–Trinajstić information content (AvgIpc) is 2.26. The Hall–Kier alpha value is -1.42. The van der Waals surface area contributed by atoms with Crippen LogP contribution in [0, 0.1) is 0 Å². The first-order chi connectivity index (χ1) is 7.59. The highest BCUT2D eigenvalue weighted by atomic mass is 16.5. The van der Waals surface area contributed by atoms with Crippen molar-refractivity contribution in [2.24, 2.45) is 5.73 Å². The van der Waals surface area contributed by atoms with Crippen LogP contribution in [-0.2, 0) is 9.53 Å². The number of nitrogens with zero attached hydrogens (tertiary/aromatic N) is 1. The Labute approximate surface area is 95.8 Å². The Balaban J connectivity index is 2.36. The maximum absolute atomic E-state index is 11.3. The number of aromatic nitrogens is 1. The van der Waals surface area contributed by atoms with E-state index >= 15 is 0 Å². The largest absolute Gasteiger partial charge is 0.463 e. The van der Waals surface area contributed by atoms with E-state index in [4.69, 9.17) is 10.5 Å². The summed E-state index contributed by atoms with van der Waals surface area (Å²) in [7, 11) is 0. The number of esters is 1. The highest BCUT2D eigenvalue weighted by molar-refractivity contribution is 5.69. The number of ether oxygens (including phenoxy) is 1. The van der Waals surface area contributed by atoms with E-state index in [1.54, 1.807) is 12.4 Å². The van der Waals surface area contributed by atoms with Crippen molar-refractivity contribution in [2.75, 3.05) is 0 Å². The lowest BCUT2D eigenvalue weighted by molar-refractivity contribution is -0.147. The van der Waals surface area contributed by atoms with Crippen LogP contribution in [0.5, 0.6) is 0 Å². The Morgan fingerprint density at radius 1 is 1.56 bits per heavy atom. The zero-order valence-electron chi connectivity index (χ0n) is 9.72.